The molecule has 3 N–H and O–H groups in total. The molecule has 1 fully saturated rings. The van der Waals surface area contributed by atoms with Crippen LogP contribution in [0.4, 0.5) is 11.4 Å². The number of hydrogen-bond acceptors (Lipinski definition) is 5. The van der Waals surface area contributed by atoms with Crippen molar-refractivity contribution in [2.24, 2.45) is 0 Å². The first kappa shape index (κ1) is 29.6. The lowest BCUT2D eigenvalue weighted by Crippen LogP contribution is -2.29. The third-order valence-corrected chi connectivity index (χ3v) is 8.10. The van der Waals surface area contributed by atoms with Crippen LogP contribution in [0.2, 0.25) is 0 Å². The van der Waals surface area contributed by atoms with Gasteiger partial charge in [-0.15, -0.1) is 0 Å². The Morgan fingerprint density at radius 3 is 2.40 bits per heavy atom. The fourth-order valence-corrected chi connectivity index (χ4v) is 6.13. The zero-order valence-electron chi connectivity index (χ0n) is 24.7. The number of anilines is 2. The number of carboxylic acid groups (broad SMARTS) is 1. The van der Waals surface area contributed by atoms with Crippen LogP contribution in [0.15, 0.2) is 109 Å². The van der Waals surface area contributed by atoms with E-state index in [-0.39, 0.29) is 30.2 Å². The number of carboxylic acids is 1. The molecule has 226 valence electrons. The van der Waals surface area contributed by atoms with Crippen molar-refractivity contribution >= 4 is 40.6 Å². The molecule has 1 amide bonds. The Kier molecular flexibility index (Phi) is 8.30. The third-order valence-electron chi connectivity index (χ3n) is 7.78. The van der Waals surface area contributed by atoms with Crippen molar-refractivity contribution in [3.63, 3.8) is 0 Å². The van der Waals surface area contributed by atoms with Gasteiger partial charge in [0.05, 0.1) is 23.3 Å². The van der Waals surface area contributed by atoms with Crippen LogP contribution in [-0.2, 0) is 4.79 Å². The van der Waals surface area contributed by atoms with E-state index in [4.69, 9.17) is 17.0 Å². The van der Waals surface area contributed by atoms with E-state index in [0.717, 1.165) is 34.0 Å². The summed E-state index contributed by atoms with van der Waals surface area (Å²) in [6, 6.07) is 31.0. The largest absolute Gasteiger partial charge is 0.484 e. The molecule has 2 aromatic heterocycles. The minimum atomic E-state index is -0.977. The summed E-state index contributed by atoms with van der Waals surface area (Å²) < 4.78 is 7.63. The van der Waals surface area contributed by atoms with Crippen molar-refractivity contribution in [1.29, 1.82) is 0 Å². The molecule has 3 aromatic carbocycles. The van der Waals surface area contributed by atoms with Gasteiger partial charge in [0.15, 0.2) is 11.7 Å². The average molecular weight is 618 g/mol. The zero-order chi connectivity index (χ0) is 31.5. The lowest BCUT2D eigenvalue weighted by molar-refractivity contribution is -0.118. The van der Waals surface area contributed by atoms with Crippen molar-refractivity contribution in [2.45, 2.75) is 25.9 Å². The number of ether oxygens (including phenoxy) is 1. The Bertz CT molecular complexity index is 1860. The first-order chi connectivity index (χ1) is 21.8. The van der Waals surface area contributed by atoms with Gasteiger partial charge in [-0.25, -0.2) is 4.79 Å². The van der Waals surface area contributed by atoms with Crippen LogP contribution in [0.1, 0.15) is 45.1 Å². The summed E-state index contributed by atoms with van der Waals surface area (Å²) in [5.41, 5.74) is 6.23. The van der Waals surface area contributed by atoms with Crippen molar-refractivity contribution < 1.29 is 19.4 Å². The molecule has 1 aliphatic rings. The van der Waals surface area contributed by atoms with Gasteiger partial charge in [0.1, 0.15) is 5.75 Å². The van der Waals surface area contributed by atoms with Gasteiger partial charge < -0.3 is 29.9 Å². The first-order valence-electron chi connectivity index (χ1n) is 14.4. The second-order valence-electron chi connectivity index (χ2n) is 10.7. The van der Waals surface area contributed by atoms with E-state index in [1.165, 1.54) is 0 Å². The predicted octanol–water partition coefficient (Wildman–Crippen LogP) is 6.38. The molecule has 0 bridgehead atoms. The van der Waals surface area contributed by atoms with Crippen molar-refractivity contribution in [3.8, 4) is 11.4 Å². The summed E-state index contributed by atoms with van der Waals surface area (Å²) in [7, 11) is 0. The predicted molar refractivity (Wildman–Crippen MR) is 177 cm³/mol. The number of nitrogens with zero attached hydrogens (tertiary/aromatic N) is 3. The quantitative estimate of drug-likeness (QED) is 0.164. The van der Waals surface area contributed by atoms with Gasteiger partial charge >= 0.3 is 5.97 Å². The summed E-state index contributed by atoms with van der Waals surface area (Å²) in [6.45, 7) is 3.93. The maximum absolute atomic E-state index is 12.5. The third kappa shape index (κ3) is 6.13. The molecule has 1 saturated heterocycles. The summed E-state index contributed by atoms with van der Waals surface area (Å²) in [4.78, 5) is 31.0. The van der Waals surface area contributed by atoms with Crippen LogP contribution in [0.5, 0.6) is 5.75 Å². The number of thiocarbonyl (C=S) groups is 1. The molecule has 9 nitrogen and oxygen atoms in total. The Balaban J connectivity index is 1.32. The zero-order valence-corrected chi connectivity index (χ0v) is 25.5. The number of hydrogen-bond donors (Lipinski definition) is 3. The molecule has 2 atom stereocenters. The highest BCUT2D eigenvalue weighted by Gasteiger charge is 2.42. The average Bonchev–Trinajstić information content (AvgIpc) is 3.55. The van der Waals surface area contributed by atoms with Gasteiger partial charge in [-0.1, -0.05) is 30.3 Å². The number of benzene rings is 3. The van der Waals surface area contributed by atoms with Crippen LogP contribution in [0.3, 0.4) is 0 Å². The van der Waals surface area contributed by atoms with E-state index in [1.807, 2.05) is 80.6 Å². The molecule has 45 heavy (non-hydrogen) atoms. The second-order valence-corrected chi connectivity index (χ2v) is 11.1. The van der Waals surface area contributed by atoms with Gasteiger partial charge in [-0.05, 0) is 104 Å². The van der Waals surface area contributed by atoms with Gasteiger partial charge in [-0.3, -0.25) is 9.78 Å². The number of pyridine rings is 1. The smallest absolute Gasteiger partial charge is 0.335 e. The number of amides is 1. The number of aromatic nitrogens is 2. The van der Waals surface area contributed by atoms with Crippen LogP contribution in [-0.4, -0.2) is 38.3 Å². The molecule has 0 aliphatic carbocycles. The molecule has 0 radical (unpaired) electrons. The molecule has 1 aliphatic heterocycles. The summed E-state index contributed by atoms with van der Waals surface area (Å²) in [6.07, 6.45) is 1.76. The van der Waals surface area contributed by atoms with Gasteiger partial charge in [0.25, 0.3) is 5.91 Å². The van der Waals surface area contributed by atoms with Crippen LogP contribution < -0.4 is 20.3 Å². The maximum atomic E-state index is 12.5. The van der Waals surface area contributed by atoms with Crippen molar-refractivity contribution in [3.05, 3.63) is 138 Å². The number of carbonyl (C=O) groups excluding carboxylic acids is 1. The molecule has 0 unspecified atom stereocenters. The fraction of sp³-hybridized carbons (Fsp3) is 0.143. The van der Waals surface area contributed by atoms with Gasteiger partial charge in [-0.2, -0.15) is 0 Å². The standard InChI is InChI=1S/C35H31N5O4S/c1-22-19-29(23(2)39(22)27-10-8-9-24(20-27)34(42)43)33-32(30-13-6-7-18-36-30)38-35(45)40(33)26-16-14-25(15-17-26)37-31(41)21-44-28-11-4-3-5-12-28/h3-20,32-33H,21H2,1-2H3,(H,37,41)(H,38,45)(H,42,43)/t32-,33+/m1/s1. The molecular formula is C35H31N5O4S. The number of aromatic carboxylic acids is 1. The van der Waals surface area contributed by atoms with Gasteiger partial charge in [0, 0.05) is 34.6 Å². The molecular weight excluding hydrogens is 586 g/mol. The van der Waals surface area contributed by atoms with E-state index in [2.05, 4.69) is 31.2 Å². The maximum Gasteiger partial charge on any atom is 0.335 e. The normalized spacial score (nSPS) is 15.9. The highest BCUT2D eigenvalue weighted by atomic mass is 32.1. The molecule has 10 heteroatoms. The Labute approximate surface area is 266 Å². The Morgan fingerprint density at radius 2 is 1.69 bits per heavy atom. The molecule has 6 rings (SSSR count). The number of aryl methyl sites for hydroxylation is 1. The Hall–Kier alpha value is -5.48. The number of rotatable bonds is 9. The van der Waals surface area contributed by atoms with Crippen molar-refractivity contribution in [2.75, 3.05) is 16.8 Å². The number of carbonyl (C=O) groups is 2. The van der Waals surface area contributed by atoms with Crippen molar-refractivity contribution in [1.82, 2.24) is 14.9 Å². The van der Waals surface area contributed by atoms with Crippen LogP contribution >= 0.6 is 12.2 Å². The highest BCUT2D eigenvalue weighted by Crippen LogP contribution is 2.44. The lowest BCUT2D eigenvalue weighted by atomic mass is 9.96. The summed E-state index contributed by atoms with van der Waals surface area (Å²) >= 11 is 5.91. The van der Waals surface area contributed by atoms with E-state index in [9.17, 15) is 14.7 Å². The van der Waals surface area contributed by atoms with E-state index in [1.54, 1.807) is 36.5 Å². The minimum Gasteiger partial charge on any atom is -0.484 e. The SMILES string of the molecule is Cc1cc([C@H]2[C@@H](c3ccccn3)NC(=S)N2c2ccc(NC(=O)COc3ccccc3)cc2)c(C)n1-c1cccc(C(=O)O)c1. The fourth-order valence-electron chi connectivity index (χ4n) is 5.78. The first-order valence-corrected chi connectivity index (χ1v) is 14.8. The lowest BCUT2D eigenvalue weighted by Gasteiger charge is -2.28. The van der Waals surface area contributed by atoms with Crippen LogP contribution in [0, 0.1) is 13.8 Å². The topological polar surface area (TPSA) is 109 Å². The van der Waals surface area contributed by atoms with E-state index >= 15 is 0 Å². The molecule has 5 aromatic rings. The summed E-state index contributed by atoms with van der Waals surface area (Å²) in [5, 5.41) is 16.5. The van der Waals surface area contributed by atoms with Crippen LogP contribution in [0.25, 0.3) is 5.69 Å². The Morgan fingerprint density at radius 1 is 0.933 bits per heavy atom. The van der Waals surface area contributed by atoms with Gasteiger partial charge in [0.2, 0.25) is 0 Å². The number of nitrogens with one attached hydrogen (secondary N) is 2. The molecule has 0 saturated carbocycles. The van der Waals surface area contributed by atoms with E-state index in [0.29, 0.717) is 16.5 Å². The number of para-hydroxylation sites is 1. The monoisotopic (exact) mass is 617 g/mol. The van der Waals surface area contributed by atoms with E-state index < -0.39 is 5.97 Å². The summed E-state index contributed by atoms with van der Waals surface area (Å²) in [5.74, 6) is -0.618. The molecule has 3 heterocycles. The molecule has 0 spiro atoms. The second kappa shape index (κ2) is 12.6. The highest BCUT2D eigenvalue weighted by molar-refractivity contribution is 7.80. The minimum absolute atomic E-state index is 0.106.